The van der Waals surface area contributed by atoms with E-state index in [1.807, 2.05) is 0 Å². The molecule has 0 atom stereocenters. The summed E-state index contributed by atoms with van der Waals surface area (Å²) < 4.78 is 43.0. The molecule has 0 saturated carbocycles. The van der Waals surface area contributed by atoms with Crippen molar-refractivity contribution in [3.63, 3.8) is 0 Å². The zero-order valence-corrected chi connectivity index (χ0v) is 21.5. The highest BCUT2D eigenvalue weighted by atomic mass is 32.2. The molecule has 4 rings (SSSR count). The second-order valence-electron chi connectivity index (χ2n) is 8.11. The molecule has 2 heterocycles. The number of ether oxygens (including phenoxy) is 2. The maximum Gasteiger partial charge on any atom is 0.355 e. The summed E-state index contributed by atoms with van der Waals surface area (Å²) in [6.07, 6.45) is 6.27. The van der Waals surface area contributed by atoms with Crippen molar-refractivity contribution in [3.05, 3.63) is 72.1 Å². The van der Waals surface area contributed by atoms with Gasteiger partial charge >= 0.3 is 11.9 Å². The third-order valence-electron chi connectivity index (χ3n) is 5.93. The van der Waals surface area contributed by atoms with Gasteiger partial charge in [-0.05, 0) is 42.5 Å². The van der Waals surface area contributed by atoms with E-state index in [1.54, 1.807) is 36.6 Å². The Labute approximate surface area is 218 Å². The van der Waals surface area contributed by atoms with Crippen LogP contribution in [0, 0.1) is 0 Å². The SMILES string of the molecule is COC(=O)C1=C(C(=O)OC)N(c2ccc3c(c2)oc2ccc(S(=O)(=O)N(CCO)CCO)cc23)C=CC=C1. The lowest BCUT2D eigenvalue weighted by Gasteiger charge is -2.23. The molecule has 0 saturated heterocycles. The Bertz CT molecular complexity index is 1580. The number of methoxy groups -OCH3 is 2. The van der Waals surface area contributed by atoms with Crippen LogP contribution < -0.4 is 4.90 Å². The Kier molecular flexibility index (Phi) is 7.97. The van der Waals surface area contributed by atoms with E-state index < -0.39 is 22.0 Å². The third-order valence-corrected chi connectivity index (χ3v) is 7.82. The second-order valence-corrected chi connectivity index (χ2v) is 10.0. The molecular formula is C26H26N2O9S. The zero-order chi connectivity index (χ0) is 27.4. The number of aliphatic hydroxyl groups is 2. The summed E-state index contributed by atoms with van der Waals surface area (Å²) in [4.78, 5) is 26.6. The summed E-state index contributed by atoms with van der Waals surface area (Å²) in [5, 5.41) is 19.7. The first-order chi connectivity index (χ1) is 18.3. The molecule has 0 spiro atoms. The Morgan fingerprint density at radius 3 is 2.29 bits per heavy atom. The molecule has 11 nitrogen and oxygen atoms in total. The molecule has 0 unspecified atom stereocenters. The molecule has 0 radical (unpaired) electrons. The number of anilines is 1. The predicted molar refractivity (Wildman–Crippen MR) is 138 cm³/mol. The van der Waals surface area contributed by atoms with Crippen LogP contribution in [0.3, 0.4) is 0 Å². The minimum absolute atomic E-state index is 0.000728. The number of allylic oxidation sites excluding steroid dienone is 2. The van der Waals surface area contributed by atoms with Crippen molar-refractivity contribution >= 4 is 49.6 Å². The topological polar surface area (TPSA) is 147 Å². The van der Waals surface area contributed by atoms with Crippen molar-refractivity contribution in [2.75, 3.05) is 45.4 Å². The molecule has 1 aliphatic heterocycles. The fourth-order valence-electron chi connectivity index (χ4n) is 4.15. The molecule has 0 bridgehead atoms. The highest BCUT2D eigenvalue weighted by Gasteiger charge is 2.28. The van der Waals surface area contributed by atoms with Crippen molar-refractivity contribution in [1.82, 2.24) is 4.31 Å². The van der Waals surface area contributed by atoms with Crippen LogP contribution in [0.25, 0.3) is 21.9 Å². The number of esters is 2. The highest BCUT2D eigenvalue weighted by Crippen LogP contribution is 2.35. The molecule has 3 aromatic rings. The van der Waals surface area contributed by atoms with Crippen LogP contribution in [0.4, 0.5) is 5.69 Å². The van der Waals surface area contributed by atoms with Crippen molar-refractivity contribution in [3.8, 4) is 0 Å². The summed E-state index contributed by atoms with van der Waals surface area (Å²) in [7, 11) is -1.57. The van der Waals surface area contributed by atoms with Crippen LogP contribution >= 0.6 is 0 Å². The van der Waals surface area contributed by atoms with E-state index in [2.05, 4.69) is 0 Å². The Morgan fingerprint density at radius 2 is 1.63 bits per heavy atom. The van der Waals surface area contributed by atoms with E-state index in [0.29, 0.717) is 27.6 Å². The van der Waals surface area contributed by atoms with Crippen molar-refractivity contribution in [1.29, 1.82) is 0 Å². The normalized spacial score (nSPS) is 14.0. The number of hydrogen-bond acceptors (Lipinski definition) is 10. The summed E-state index contributed by atoms with van der Waals surface area (Å²) >= 11 is 0. The highest BCUT2D eigenvalue weighted by molar-refractivity contribution is 7.89. The Morgan fingerprint density at radius 1 is 0.921 bits per heavy atom. The van der Waals surface area contributed by atoms with Gasteiger partial charge < -0.3 is 29.0 Å². The van der Waals surface area contributed by atoms with E-state index in [0.717, 1.165) is 4.31 Å². The number of hydrogen-bond donors (Lipinski definition) is 2. The lowest BCUT2D eigenvalue weighted by Crippen LogP contribution is -2.35. The molecule has 1 aromatic heterocycles. The summed E-state index contributed by atoms with van der Waals surface area (Å²) in [6.45, 7) is -1.09. The van der Waals surface area contributed by atoms with Crippen LogP contribution in [0.15, 0.2) is 81.4 Å². The van der Waals surface area contributed by atoms with Gasteiger partial charge in [-0.15, -0.1) is 0 Å². The summed E-state index contributed by atoms with van der Waals surface area (Å²) in [6, 6.07) is 9.46. The first-order valence-corrected chi connectivity index (χ1v) is 12.9. The van der Waals surface area contributed by atoms with Gasteiger partial charge in [-0.3, -0.25) is 0 Å². The van der Waals surface area contributed by atoms with E-state index in [4.69, 9.17) is 13.9 Å². The number of carbonyl (C=O) groups excluding carboxylic acids is 2. The molecular weight excluding hydrogens is 516 g/mol. The van der Waals surface area contributed by atoms with Crippen LogP contribution in [-0.4, -0.2) is 75.4 Å². The standard InChI is InChI=1S/C26H26N2O9S/c1-35-25(31)20-5-3-4-10-28(24(20)26(32)36-2)17-6-8-19-21-16-18(7-9-22(21)37-23(19)15-17)38(33,34)27(11-13-29)12-14-30/h3-10,15-16,29-30H,11-14H2,1-2H3. The van der Waals surface area contributed by atoms with Gasteiger partial charge in [0.15, 0.2) is 0 Å². The van der Waals surface area contributed by atoms with Crippen LogP contribution in [0.5, 0.6) is 0 Å². The van der Waals surface area contributed by atoms with Gasteiger partial charge in [0.2, 0.25) is 10.0 Å². The van der Waals surface area contributed by atoms with Crippen LogP contribution in [-0.2, 0) is 29.1 Å². The second kappa shape index (κ2) is 11.2. The monoisotopic (exact) mass is 542 g/mol. The molecule has 200 valence electrons. The molecule has 0 amide bonds. The number of benzene rings is 2. The minimum Gasteiger partial charge on any atom is -0.465 e. The van der Waals surface area contributed by atoms with E-state index in [-0.39, 0.29) is 42.5 Å². The van der Waals surface area contributed by atoms with E-state index in [9.17, 15) is 28.2 Å². The van der Waals surface area contributed by atoms with Gasteiger partial charge in [0.05, 0.1) is 37.9 Å². The number of fused-ring (bicyclic) bond motifs is 3. The molecule has 38 heavy (non-hydrogen) atoms. The van der Waals surface area contributed by atoms with Gasteiger partial charge in [0, 0.05) is 41.8 Å². The quantitative estimate of drug-likeness (QED) is 0.385. The number of sulfonamides is 1. The fraction of sp³-hybridized carbons (Fsp3) is 0.231. The fourth-order valence-corrected chi connectivity index (χ4v) is 5.59. The molecule has 12 heteroatoms. The van der Waals surface area contributed by atoms with Gasteiger partial charge in [0.1, 0.15) is 16.9 Å². The summed E-state index contributed by atoms with van der Waals surface area (Å²) in [5.41, 5.74) is 1.26. The average molecular weight is 543 g/mol. The van der Waals surface area contributed by atoms with Crippen LogP contribution in [0.1, 0.15) is 0 Å². The lowest BCUT2D eigenvalue weighted by atomic mass is 10.1. The molecule has 0 fully saturated rings. The minimum atomic E-state index is -3.98. The summed E-state index contributed by atoms with van der Waals surface area (Å²) in [5.74, 6) is -1.47. The molecule has 2 aromatic carbocycles. The number of aliphatic hydroxyl groups excluding tert-OH is 2. The van der Waals surface area contributed by atoms with Crippen molar-refractivity contribution in [2.45, 2.75) is 4.90 Å². The first-order valence-electron chi connectivity index (χ1n) is 11.5. The van der Waals surface area contributed by atoms with E-state index >= 15 is 0 Å². The van der Waals surface area contributed by atoms with Crippen molar-refractivity contribution < 1.29 is 42.1 Å². The maximum atomic E-state index is 13.1. The van der Waals surface area contributed by atoms with Gasteiger partial charge in [-0.2, -0.15) is 4.31 Å². The number of rotatable bonds is 9. The number of furan rings is 1. The third kappa shape index (κ3) is 4.94. The average Bonchev–Trinajstić information content (AvgIpc) is 3.13. The lowest BCUT2D eigenvalue weighted by molar-refractivity contribution is -0.139. The maximum absolute atomic E-state index is 13.1. The number of carbonyl (C=O) groups is 2. The van der Waals surface area contributed by atoms with Crippen LogP contribution in [0.2, 0.25) is 0 Å². The predicted octanol–water partition coefficient (Wildman–Crippen LogP) is 2.05. The molecule has 2 N–H and O–H groups in total. The van der Waals surface area contributed by atoms with Gasteiger partial charge in [-0.1, -0.05) is 6.08 Å². The Balaban J connectivity index is 1.82. The van der Waals surface area contributed by atoms with Gasteiger partial charge in [0.25, 0.3) is 0 Å². The van der Waals surface area contributed by atoms with E-state index in [1.165, 1.54) is 43.4 Å². The largest absolute Gasteiger partial charge is 0.465 e. The number of nitrogens with zero attached hydrogens (tertiary/aromatic N) is 2. The Hall–Kier alpha value is -3.97. The smallest absolute Gasteiger partial charge is 0.355 e. The zero-order valence-electron chi connectivity index (χ0n) is 20.7. The van der Waals surface area contributed by atoms with Gasteiger partial charge in [-0.25, -0.2) is 18.0 Å². The first kappa shape index (κ1) is 27.1. The molecule has 0 aliphatic carbocycles. The molecule has 1 aliphatic rings. The van der Waals surface area contributed by atoms with Crippen molar-refractivity contribution in [2.24, 2.45) is 0 Å².